The van der Waals surface area contributed by atoms with E-state index in [9.17, 15) is 0 Å². The van der Waals surface area contributed by atoms with Crippen molar-refractivity contribution in [3.8, 4) is 0 Å². The first kappa shape index (κ1) is 11.4. The summed E-state index contributed by atoms with van der Waals surface area (Å²) in [7, 11) is 1.20. The molecule has 0 saturated heterocycles. The van der Waals surface area contributed by atoms with Gasteiger partial charge in [-0.15, -0.1) is 0 Å². The fraction of sp³-hybridized carbons (Fsp3) is 0. The van der Waals surface area contributed by atoms with E-state index in [1.54, 1.807) is 0 Å². The maximum absolute atomic E-state index is 2.15. The van der Waals surface area contributed by atoms with E-state index in [4.69, 9.17) is 0 Å². The summed E-state index contributed by atoms with van der Waals surface area (Å²) in [5.74, 6) is 0. The van der Waals surface area contributed by atoms with Gasteiger partial charge in [-0.05, 0) is 10.2 Å². The first-order valence-corrected chi connectivity index (χ1v) is 4.74. The quantitative estimate of drug-likeness (QED) is 0.451. The second-order valence-corrected chi connectivity index (χ2v) is 3.58. The second-order valence-electron chi connectivity index (χ2n) is 2.42. The molecule has 2 aromatic carbocycles. The van der Waals surface area contributed by atoms with Crippen LogP contribution in [0.25, 0.3) is 0 Å². The average Bonchev–Trinajstić information content (AvgIpc) is 2.57. The van der Waals surface area contributed by atoms with Crippen LogP contribution >= 0.6 is 0 Å². The number of rotatable bonds is 0. The molecule has 0 heterocycles. The third-order valence-electron chi connectivity index (χ3n) is 1.38. The maximum Gasteiger partial charge on any atom is 0 e. The summed E-state index contributed by atoms with van der Waals surface area (Å²) in [4.78, 5) is 0. The van der Waals surface area contributed by atoms with E-state index in [0.717, 1.165) is 0 Å². The first-order valence-electron chi connectivity index (χ1n) is 3.74. The van der Waals surface area contributed by atoms with Crippen LogP contribution in [0.3, 0.4) is 0 Å². The number of hydrogen-bond donors (Lipinski definition) is 0. The minimum absolute atomic E-state index is 0. The molecule has 0 aliphatic heterocycles. The smallest absolute Gasteiger partial charge is 0 e. The Balaban J connectivity index is 0.000000189. The van der Waals surface area contributed by atoms with Crippen LogP contribution in [0.5, 0.6) is 0 Å². The zero-order valence-electron chi connectivity index (χ0n) is 7.05. The van der Waals surface area contributed by atoms with Gasteiger partial charge in [0.2, 0.25) is 0 Å². The van der Waals surface area contributed by atoms with Crippen molar-refractivity contribution in [3.05, 3.63) is 54.6 Å². The Kier molecular flexibility index (Phi) is 6.77. The van der Waals surface area contributed by atoms with Crippen molar-refractivity contribution < 1.29 is 17.1 Å². The molecule has 0 N–H and O–H groups in total. The van der Waals surface area contributed by atoms with Crippen LogP contribution in [0.2, 0.25) is 0 Å². The minimum atomic E-state index is 0. The van der Waals surface area contributed by atoms with Crippen LogP contribution in [0.1, 0.15) is 0 Å². The SMILES string of the molecule is [Fe].[SiH3][c-]1cccc1.[cH-]1[cH-][cH-][cH-][cH-]1. The Morgan fingerprint density at radius 1 is 0.833 bits per heavy atom. The maximum atomic E-state index is 2.15. The standard InChI is InChI=1S/C5H7Si.C5H5.Fe/c6-5-3-1-2-4-5;1-2-4-5-3-1;/h1-4H,6H3;1-5H;/q-1;-5;. The molecule has 0 amide bonds. The molecular formula is C10H12FeSi-6. The molecule has 0 fully saturated rings. The van der Waals surface area contributed by atoms with E-state index < -0.39 is 0 Å². The first-order chi connectivity index (χ1) is 5.39. The molecule has 0 aromatic heterocycles. The Hall–Kier alpha value is -0.564. The monoisotopic (exact) mass is 216 g/mol. The van der Waals surface area contributed by atoms with E-state index in [0.29, 0.717) is 0 Å². The minimum Gasteiger partial charge on any atom is -0.748 e. The third kappa shape index (κ3) is 5.13. The van der Waals surface area contributed by atoms with Crippen LogP contribution in [0.15, 0.2) is 54.6 Å². The summed E-state index contributed by atoms with van der Waals surface area (Å²) in [5.41, 5.74) is 0. The molecule has 0 nitrogen and oxygen atoms in total. The van der Waals surface area contributed by atoms with Crippen molar-refractivity contribution in [2.45, 2.75) is 0 Å². The fourth-order valence-corrected chi connectivity index (χ4v) is 1.18. The van der Waals surface area contributed by atoms with Crippen molar-refractivity contribution in [1.29, 1.82) is 0 Å². The van der Waals surface area contributed by atoms with Gasteiger partial charge in [0.15, 0.2) is 0 Å². The zero-order chi connectivity index (χ0) is 7.94. The van der Waals surface area contributed by atoms with Gasteiger partial charge in [-0.25, -0.2) is 12.1 Å². The van der Waals surface area contributed by atoms with Crippen molar-refractivity contribution in [2.75, 3.05) is 0 Å². The summed E-state index contributed by atoms with van der Waals surface area (Å²) in [6.07, 6.45) is 0. The van der Waals surface area contributed by atoms with Gasteiger partial charge in [-0.2, -0.15) is 17.3 Å². The van der Waals surface area contributed by atoms with E-state index in [-0.39, 0.29) is 17.1 Å². The van der Waals surface area contributed by atoms with Crippen molar-refractivity contribution in [3.63, 3.8) is 0 Å². The van der Waals surface area contributed by atoms with E-state index in [2.05, 4.69) is 24.3 Å². The predicted octanol–water partition coefficient (Wildman–Crippen LogP) is 0.799. The van der Waals surface area contributed by atoms with Gasteiger partial charge >= 0.3 is 0 Å². The summed E-state index contributed by atoms with van der Waals surface area (Å²) >= 11 is 0. The van der Waals surface area contributed by atoms with E-state index in [1.165, 1.54) is 15.4 Å². The molecule has 0 bridgehead atoms. The molecule has 2 heteroatoms. The van der Waals surface area contributed by atoms with Gasteiger partial charge in [-0.3, -0.25) is 0 Å². The number of hydrogen-bond acceptors (Lipinski definition) is 0. The molecule has 12 heavy (non-hydrogen) atoms. The largest absolute Gasteiger partial charge is 0.748 e. The van der Waals surface area contributed by atoms with Gasteiger partial charge in [0.05, 0.1) is 0 Å². The Morgan fingerprint density at radius 2 is 1.17 bits per heavy atom. The molecule has 2 aromatic rings. The van der Waals surface area contributed by atoms with Crippen LogP contribution in [-0.2, 0) is 17.1 Å². The summed E-state index contributed by atoms with van der Waals surface area (Å²) < 4.78 is 0. The zero-order valence-corrected chi connectivity index (χ0v) is 10.2. The van der Waals surface area contributed by atoms with E-state index >= 15 is 0 Å². The Morgan fingerprint density at radius 3 is 1.33 bits per heavy atom. The average molecular weight is 216 g/mol. The summed E-state index contributed by atoms with van der Waals surface area (Å²) in [6, 6.07) is 18.4. The summed E-state index contributed by atoms with van der Waals surface area (Å²) in [5, 5.41) is 1.48. The normalized spacial score (nSPS) is 8.00. The molecule has 0 aliphatic carbocycles. The summed E-state index contributed by atoms with van der Waals surface area (Å²) in [6.45, 7) is 0. The van der Waals surface area contributed by atoms with Crippen LogP contribution < -0.4 is 5.19 Å². The molecule has 0 aliphatic rings. The van der Waals surface area contributed by atoms with Crippen LogP contribution in [-0.4, -0.2) is 10.2 Å². The third-order valence-corrected chi connectivity index (χ3v) is 2.05. The second kappa shape index (κ2) is 7.11. The van der Waals surface area contributed by atoms with E-state index in [1.807, 2.05) is 30.3 Å². The Labute approximate surface area is 87.2 Å². The van der Waals surface area contributed by atoms with Crippen LogP contribution in [0, 0.1) is 0 Å². The molecule has 0 saturated carbocycles. The fourth-order valence-electron chi connectivity index (χ4n) is 0.791. The van der Waals surface area contributed by atoms with Crippen molar-refractivity contribution in [2.24, 2.45) is 0 Å². The van der Waals surface area contributed by atoms with Gasteiger partial charge < -0.3 is 30.3 Å². The molecular weight excluding hydrogens is 204 g/mol. The molecule has 0 unspecified atom stereocenters. The van der Waals surface area contributed by atoms with Crippen molar-refractivity contribution in [1.82, 2.24) is 0 Å². The van der Waals surface area contributed by atoms with Crippen LogP contribution in [0.4, 0.5) is 0 Å². The molecule has 0 radical (unpaired) electrons. The molecule has 70 valence electrons. The molecule has 0 atom stereocenters. The topological polar surface area (TPSA) is 0 Å². The molecule has 2 rings (SSSR count). The van der Waals surface area contributed by atoms with Gasteiger partial charge in [-0.1, -0.05) is 0 Å². The van der Waals surface area contributed by atoms with Crippen molar-refractivity contribution >= 4 is 15.4 Å². The van der Waals surface area contributed by atoms with Gasteiger partial charge in [0, 0.05) is 17.1 Å². The van der Waals surface area contributed by atoms with Gasteiger partial charge in [0.1, 0.15) is 0 Å². The predicted molar refractivity (Wildman–Crippen MR) is 53.6 cm³/mol. The Bertz CT molecular complexity index is 228. The molecule has 0 spiro atoms. The van der Waals surface area contributed by atoms with Gasteiger partial charge in [0.25, 0.3) is 0 Å².